The molecule has 4 rings (SSSR count). The van der Waals surface area contributed by atoms with Gasteiger partial charge in [0.05, 0.1) is 36.5 Å². The minimum Gasteiger partial charge on any atom is -0.462 e. The van der Waals surface area contributed by atoms with Crippen LogP contribution in [-0.2, 0) is 14.2 Å². The zero-order valence-electron chi connectivity index (χ0n) is 15.0. The van der Waals surface area contributed by atoms with Crippen molar-refractivity contribution >= 4 is 11.9 Å². The maximum Gasteiger partial charge on any atom is 0.338 e. The first kappa shape index (κ1) is 17.7. The predicted octanol–water partition coefficient (Wildman–Crippen LogP) is 3.49. The van der Waals surface area contributed by atoms with Gasteiger partial charge in [-0.15, -0.1) is 0 Å². The van der Waals surface area contributed by atoms with Gasteiger partial charge in [-0.25, -0.2) is 9.59 Å². The normalized spacial score (nSPS) is 25.9. The lowest BCUT2D eigenvalue weighted by Crippen LogP contribution is -2.32. The standard InChI is InChI=1S/C22H22O5/c23-21(15-7-3-1-4-8-15)25-13-17-11-19-20(27-19)12-18(17)14-26-22(24)16-9-5-2-6-10-16/h1-10,17-20H,11-14H2/t17-,18-,19?,20?/m1/s1. The predicted molar refractivity (Wildman–Crippen MR) is 98.3 cm³/mol. The Balaban J connectivity index is 1.33. The first-order chi connectivity index (χ1) is 13.2. The van der Waals surface area contributed by atoms with Crippen LogP contribution in [0.25, 0.3) is 0 Å². The lowest BCUT2D eigenvalue weighted by Gasteiger charge is -2.28. The number of esters is 2. The summed E-state index contributed by atoms with van der Waals surface area (Å²) in [4.78, 5) is 24.4. The quantitative estimate of drug-likeness (QED) is 0.578. The van der Waals surface area contributed by atoms with Crippen LogP contribution < -0.4 is 0 Å². The molecule has 4 atom stereocenters. The molecule has 0 aromatic heterocycles. The Kier molecular flexibility index (Phi) is 5.21. The number of hydrogen-bond acceptors (Lipinski definition) is 5. The number of rotatable bonds is 6. The molecule has 2 fully saturated rings. The van der Waals surface area contributed by atoms with Crippen molar-refractivity contribution in [3.8, 4) is 0 Å². The zero-order valence-corrected chi connectivity index (χ0v) is 15.0. The first-order valence-corrected chi connectivity index (χ1v) is 9.30. The van der Waals surface area contributed by atoms with Gasteiger partial charge in [0.1, 0.15) is 0 Å². The molecule has 1 aliphatic carbocycles. The Labute approximate surface area is 158 Å². The van der Waals surface area contributed by atoms with E-state index in [0.29, 0.717) is 24.3 Å². The first-order valence-electron chi connectivity index (χ1n) is 9.30. The third kappa shape index (κ3) is 4.37. The lowest BCUT2D eigenvalue weighted by atomic mass is 9.80. The highest BCUT2D eigenvalue weighted by molar-refractivity contribution is 5.89. The van der Waals surface area contributed by atoms with E-state index < -0.39 is 0 Å². The maximum absolute atomic E-state index is 12.2. The van der Waals surface area contributed by atoms with Crippen LogP contribution in [0.1, 0.15) is 33.6 Å². The van der Waals surface area contributed by atoms with Crippen LogP contribution in [-0.4, -0.2) is 37.4 Å². The Morgan fingerprint density at radius 3 is 1.56 bits per heavy atom. The summed E-state index contributed by atoms with van der Waals surface area (Å²) < 4.78 is 16.7. The van der Waals surface area contributed by atoms with Gasteiger partial charge in [-0.3, -0.25) is 0 Å². The van der Waals surface area contributed by atoms with Crippen molar-refractivity contribution in [2.24, 2.45) is 11.8 Å². The van der Waals surface area contributed by atoms with E-state index in [-0.39, 0.29) is 36.0 Å². The average molecular weight is 366 g/mol. The van der Waals surface area contributed by atoms with Crippen LogP contribution in [0.3, 0.4) is 0 Å². The number of carbonyl (C=O) groups is 2. The number of benzene rings is 2. The van der Waals surface area contributed by atoms with Crippen molar-refractivity contribution < 1.29 is 23.8 Å². The number of hydrogen-bond donors (Lipinski definition) is 0. The molecule has 5 nitrogen and oxygen atoms in total. The van der Waals surface area contributed by atoms with E-state index >= 15 is 0 Å². The number of epoxide rings is 1. The van der Waals surface area contributed by atoms with Gasteiger partial charge in [-0.2, -0.15) is 0 Å². The second kappa shape index (κ2) is 7.92. The highest BCUT2D eigenvalue weighted by Gasteiger charge is 2.48. The third-order valence-electron chi connectivity index (χ3n) is 5.30. The third-order valence-corrected chi connectivity index (χ3v) is 5.30. The summed E-state index contributed by atoms with van der Waals surface area (Å²) in [7, 11) is 0. The monoisotopic (exact) mass is 366 g/mol. The van der Waals surface area contributed by atoms with E-state index in [2.05, 4.69) is 0 Å². The Bertz CT molecular complexity index is 721. The van der Waals surface area contributed by atoms with E-state index in [9.17, 15) is 9.59 Å². The summed E-state index contributed by atoms with van der Waals surface area (Å²) in [5.41, 5.74) is 1.09. The van der Waals surface area contributed by atoms with Gasteiger partial charge in [0.15, 0.2) is 0 Å². The molecule has 2 unspecified atom stereocenters. The van der Waals surface area contributed by atoms with Crippen molar-refractivity contribution in [3.05, 3.63) is 71.8 Å². The van der Waals surface area contributed by atoms with Gasteiger partial charge in [0.25, 0.3) is 0 Å². The van der Waals surface area contributed by atoms with E-state index in [4.69, 9.17) is 14.2 Å². The molecule has 1 heterocycles. The van der Waals surface area contributed by atoms with Crippen molar-refractivity contribution in [1.29, 1.82) is 0 Å². The average Bonchev–Trinajstić information content (AvgIpc) is 3.49. The second-order valence-electron chi connectivity index (χ2n) is 7.13. The SMILES string of the molecule is O=C(OC[C@H]1CC2OC2C[C@@H]1COC(=O)c1ccccc1)c1ccccc1. The number of carbonyl (C=O) groups excluding carboxylic acids is 2. The second-order valence-corrected chi connectivity index (χ2v) is 7.13. The van der Waals surface area contributed by atoms with E-state index in [0.717, 1.165) is 12.8 Å². The van der Waals surface area contributed by atoms with Gasteiger partial charge in [0.2, 0.25) is 0 Å². The highest BCUT2D eigenvalue weighted by atomic mass is 16.6. The number of ether oxygens (including phenoxy) is 3. The molecule has 1 saturated carbocycles. The fourth-order valence-electron chi connectivity index (χ4n) is 3.66. The highest BCUT2D eigenvalue weighted by Crippen LogP contribution is 2.43. The van der Waals surface area contributed by atoms with Crippen LogP contribution >= 0.6 is 0 Å². The molecule has 0 bridgehead atoms. The van der Waals surface area contributed by atoms with Crippen LogP contribution in [0, 0.1) is 11.8 Å². The molecular weight excluding hydrogens is 344 g/mol. The fourth-order valence-corrected chi connectivity index (χ4v) is 3.66. The summed E-state index contributed by atoms with van der Waals surface area (Å²) in [5.74, 6) is -0.390. The molecule has 2 aromatic rings. The van der Waals surface area contributed by atoms with Crippen molar-refractivity contribution in [3.63, 3.8) is 0 Å². The van der Waals surface area contributed by atoms with Gasteiger partial charge in [-0.1, -0.05) is 36.4 Å². The smallest absolute Gasteiger partial charge is 0.338 e. The Hall–Kier alpha value is -2.66. The van der Waals surface area contributed by atoms with E-state index in [1.165, 1.54) is 0 Å². The summed E-state index contributed by atoms with van der Waals surface area (Å²) in [5, 5.41) is 0. The fraction of sp³-hybridized carbons (Fsp3) is 0.364. The molecule has 1 saturated heterocycles. The Morgan fingerprint density at radius 2 is 1.15 bits per heavy atom. The van der Waals surface area contributed by atoms with Gasteiger partial charge >= 0.3 is 11.9 Å². The lowest BCUT2D eigenvalue weighted by molar-refractivity contribution is 0.0166. The Morgan fingerprint density at radius 1 is 0.741 bits per heavy atom. The minimum absolute atomic E-state index is 0.130. The van der Waals surface area contributed by atoms with Crippen LogP contribution in [0.15, 0.2) is 60.7 Å². The molecule has 1 aliphatic heterocycles. The molecule has 0 radical (unpaired) electrons. The molecule has 27 heavy (non-hydrogen) atoms. The van der Waals surface area contributed by atoms with Crippen molar-refractivity contribution in [1.82, 2.24) is 0 Å². The molecule has 5 heteroatoms. The van der Waals surface area contributed by atoms with Gasteiger partial charge in [0, 0.05) is 11.8 Å². The van der Waals surface area contributed by atoms with E-state index in [1.54, 1.807) is 24.3 Å². The topological polar surface area (TPSA) is 65.1 Å². The zero-order chi connectivity index (χ0) is 18.6. The van der Waals surface area contributed by atoms with Gasteiger partial charge in [-0.05, 0) is 37.1 Å². The molecular formula is C22H22O5. The summed E-state index contributed by atoms with van der Waals surface area (Å²) in [6.07, 6.45) is 2.18. The van der Waals surface area contributed by atoms with Crippen LogP contribution in [0.5, 0.6) is 0 Å². The van der Waals surface area contributed by atoms with E-state index in [1.807, 2.05) is 36.4 Å². The molecule has 0 spiro atoms. The maximum atomic E-state index is 12.2. The molecule has 2 aliphatic rings. The molecule has 2 aromatic carbocycles. The summed E-state index contributed by atoms with van der Waals surface area (Å²) in [6.45, 7) is 0.627. The minimum atomic E-state index is -0.325. The molecule has 0 N–H and O–H groups in total. The largest absolute Gasteiger partial charge is 0.462 e. The summed E-state index contributed by atoms with van der Waals surface area (Å²) >= 11 is 0. The molecule has 0 amide bonds. The van der Waals surface area contributed by atoms with Crippen molar-refractivity contribution in [2.45, 2.75) is 25.0 Å². The van der Waals surface area contributed by atoms with Crippen molar-refractivity contribution in [2.75, 3.05) is 13.2 Å². The van der Waals surface area contributed by atoms with Gasteiger partial charge < -0.3 is 14.2 Å². The van der Waals surface area contributed by atoms with Crippen LogP contribution in [0.4, 0.5) is 0 Å². The summed E-state index contributed by atoms with van der Waals surface area (Å²) in [6, 6.07) is 17.9. The molecule has 140 valence electrons. The number of fused-ring (bicyclic) bond motifs is 1. The van der Waals surface area contributed by atoms with Crippen LogP contribution in [0.2, 0.25) is 0 Å².